The molecule has 1 heterocycles. The number of nitrogen functional groups attached to an aromatic ring is 1. The lowest BCUT2D eigenvalue weighted by molar-refractivity contribution is -0.630. The van der Waals surface area contributed by atoms with E-state index in [1.54, 1.807) is 11.5 Å². The molecule has 5 nitrogen and oxygen atoms in total. The fourth-order valence-electron chi connectivity index (χ4n) is 1.91. The van der Waals surface area contributed by atoms with Crippen LogP contribution >= 0.6 is 0 Å². The molecule has 0 aliphatic rings. The fourth-order valence-corrected chi connectivity index (χ4v) is 1.91. The van der Waals surface area contributed by atoms with Gasteiger partial charge in [-0.15, -0.1) is 0 Å². The van der Waals surface area contributed by atoms with Gasteiger partial charge in [0.2, 0.25) is 0 Å². The van der Waals surface area contributed by atoms with Crippen LogP contribution in [0.15, 0.2) is 24.3 Å². The average Bonchev–Trinajstić information content (AvgIpc) is 2.56. The summed E-state index contributed by atoms with van der Waals surface area (Å²) in [5, 5.41) is 0. The maximum Gasteiger partial charge on any atom is 0.356 e. The van der Waals surface area contributed by atoms with Gasteiger partial charge < -0.3 is 4.74 Å². The number of hydrogen-bond donors (Lipinski definition) is 1. The smallest absolute Gasteiger partial charge is 0.356 e. The summed E-state index contributed by atoms with van der Waals surface area (Å²) in [6.45, 7) is 2.31. The number of nitrogens with zero attached hydrogens (tertiary/aromatic N) is 2. The van der Waals surface area contributed by atoms with Crippen LogP contribution in [-0.2, 0) is 23.1 Å². The largest absolute Gasteiger partial charge is 0.464 e. The van der Waals surface area contributed by atoms with Gasteiger partial charge in [0.15, 0.2) is 6.54 Å². The predicted octanol–water partition coefficient (Wildman–Crippen LogP) is 0.611. The number of esters is 1. The number of ether oxygens (including phenoxy) is 1. The first-order chi connectivity index (χ1) is 8.15. The van der Waals surface area contributed by atoms with E-state index in [2.05, 4.69) is 0 Å². The van der Waals surface area contributed by atoms with Crippen LogP contribution in [0.2, 0.25) is 0 Å². The zero-order chi connectivity index (χ0) is 12.4. The number of aromatic nitrogens is 2. The monoisotopic (exact) mass is 234 g/mol. The van der Waals surface area contributed by atoms with Crippen LogP contribution in [0.5, 0.6) is 0 Å². The van der Waals surface area contributed by atoms with Gasteiger partial charge in [0.05, 0.1) is 13.7 Å². The van der Waals surface area contributed by atoms with Crippen LogP contribution in [0.3, 0.4) is 0 Å². The fraction of sp³-hybridized carbons (Fsp3) is 0.333. The van der Waals surface area contributed by atoms with Gasteiger partial charge in [0.25, 0.3) is 0 Å². The summed E-state index contributed by atoms with van der Waals surface area (Å²) >= 11 is 0. The highest BCUT2D eigenvalue weighted by Gasteiger charge is 2.20. The Bertz CT molecular complexity index is 560. The van der Waals surface area contributed by atoms with Crippen LogP contribution in [0.25, 0.3) is 11.0 Å². The van der Waals surface area contributed by atoms with Crippen LogP contribution in [0.1, 0.15) is 6.92 Å². The van der Waals surface area contributed by atoms with Crippen LogP contribution in [0, 0.1) is 0 Å². The number of anilines is 1. The molecule has 1 aromatic carbocycles. The minimum Gasteiger partial charge on any atom is -0.464 e. The van der Waals surface area contributed by atoms with E-state index in [0.717, 1.165) is 11.0 Å². The second-order valence-corrected chi connectivity index (χ2v) is 3.80. The van der Waals surface area contributed by atoms with Crippen molar-refractivity contribution in [1.82, 2.24) is 4.57 Å². The van der Waals surface area contributed by atoms with Crippen molar-refractivity contribution >= 4 is 23.0 Å². The van der Waals surface area contributed by atoms with Crippen molar-refractivity contribution in [3.05, 3.63) is 24.3 Å². The molecule has 0 atom stereocenters. The van der Waals surface area contributed by atoms with Crippen molar-refractivity contribution in [2.75, 3.05) is 12.3 Å². The molecule has 0 spiro atoms. The Balaban J connectivity index is 2.46. The summed E-state index contributed by atoms with van der Waals surface area (Å²) in [6.07, 6.45) is 0. The number of rotatable bonds is 3. The molecular weight excluding hydrogens is 218 g/mol. The maximum absolute atomic E-state index is 11.5. The normalized spacial score (nSPS) is 10.7. The highest BCUT2D eigenvalue weighted by molar-refractivity contribution is 5.77. The Morgan fingerprint density at radius 3 is 2.88 bits per heavy atom. The Kier molecular flexibility index (Phi) is 2.99. The molecule has 5 heteroatoms. The molecule has 2 rings (SSSR count). The van der Waals surface area contributed by atoms with Gasteiger partial charge in [0.1, 0.15) is 11.0 Å². The van der Waals surface area contributed by atoms with Crippen molar-refractivity contribution in [1.29, 1.82) is 0 Å². The zero-order valence-electron chi connectivity index (χ0n) is 10.0. The summed E-state index contributed by atoms with van der Waals surface area (Å²) in [7, 11) is 1.87. The topological polar surface area (TPSA) is 61.1 Å². The number of para-hydroxylation sites is 2. The second kappa shape index (κ2) is 4.45. The van der Waals surface area contributed by atoms with Gasteiger partial charge in [-0.2, -0.15) is 0 Å². The third-order valence-corrected chi connectivity index (χ3v) is 2.75. The van der Waals surface area contributed by atoms with Crippen LogP contribution in [0.4, 0.5) is 5.95 Å². The Labute approximate surface area is 99.4 Å². The van der Waals surface area contributed by atoms with Crippen molar-refractivity contribution in [3.8, 4) is 0 Å². The average molecular weight is 234 g/mol. The molecule has 17 heavy (non-hydrogen) atoms. The van der Waals surface area contributed by atoms with E-state index < -0.39 is 0 Å². The highest BCUT2D eigenvalue weighted by Crippen LogP contribution is 2.14. The number of hydrogen-bond acceptors (Lipinski definition) is 3. The first-order valence-electron chi connectivity index (χ1n) is 5.53. The van der Waals surface area contributed by atoms with E-state index in [1.807, 2.05) is 35.9 Å². The van der Waals surface area contributed by atoms with Crippen molar-refractivity contribution in [3.63, 3.8) is 0 Å². The van der Waals surface area contributed by atoms with Gasteiger partial charge in [-0.1, -0.05) is 12.1 Å². The second-order valence-electron chi connectivity index (χ2n) is 3.80. The van der Waals surface area contributed by atoms with E-state index in [1.165, 1.54) is 0 Å². The van der Waals surface area contributed by atoms with Gasteiger partial charge in [-0.3, -0.25) is 5.73 Å². The summed E-state index contributed by atoms with van der Waals surface area (Å²) in [5.41, 5.74) is 7.90. The predicted molar refractivity (Wildman–Crippen MR) is 64.2 cm³/mol. The number of fused-ring (bicyclic) bond motifs is 1. The van der Waals surface area contributed by atoms with E-state index in [4.69, 9.17) is 10.5 Å². The molecule has 2 aromatic rings. The molecule has 0 bridgehead atoms. The minimum atomic E-state index is -0.277. The number of nitrogens with two attached hydrogens (primary N) is 1. The Morgan fingerprint density at radius 1 is 1.47 bits per heavy atom. The maximum atomic E-state index is 11.5. The molecule has 0 fully saturated rings. The van der Waals surface area contributed by atoms with E-state index in [0.29, 0.717) is 12.6 Å². The first-order valence-corrected chi connectivity index (χ1v) is 5.53. The lowest BCUT2D eigenvalue weighted by Crippen LogP contribution is -2.32. The molecule has 0 aliphatic heterocycles. The van der Waals surface area contributed by atoms with E-state index in [9.17, 15) is 4.79 Å². The zero-order valence-corrected chi connectivity index (χ0v) is 10.0. The van der Waals surface area contributed by atoms with Gasteiger partial charge >= 0.3 is 11.9 Å². The first kappa shape index (κ1) is 11.4. The van der Waals surface area contributed by atoms with E-state index >= 15 is 0 Å². The molecular formula is C12H16N3O2+. The quantitative estimate of drug-likeness (QED) is 0.625. The SMILES string of the molecule is CCOC(=O)Cn1c(N)[n+](C)c2ccccc21. The molecule has 90 valence electrons. The molecule has 2 N–H and O–H groups in total. The molecule has 0 aliphatic carbocycles. The molecule has 0 unspecified atom stereocenters. The summed E-state index contributed by atoms with van der Waals surface area (Å²) in [6, 6.07) is 7.76. The van der Waals surface area contributed by atoms with Crippen LogP contribution < -0.4 is 10.3 Å². The van der Waals surface area contributed by atoms with Crippen LogP contribution in [-0.4, -0.2) is 17.1 Å². The molecule has 0 amide bonds. The third kappa shape index (κ3) is 1.95. The number of carbonyl (C=O) groups is 1. The standard InChI is InChI=1S/C12H15N3O2/c1-3-17-11(16)8-15-10-7-5-4-6-9(10)14(2)12(15)13/h4-7,13H,3,8H2,1-2H3/p+1. The molecule has 1 aromatic heterocycles. The number of aryl methyl sites for hydroxylation is 1. The lowest BCUT2D eigenvalue weighted by Gasteiger charge is -2.01. The Morgan fingerprint density at radius 2 is 2.18 bits per heavy atom. The van der Waals surface area contributed by atoms with Crippen molar-refractivity contribution in [2.24, 2.45) is 7.05 Å². The number of benzene rings is 1. The molecule has 0 saturated carbocycles. The third-order valence-electron chi connectivity index (χ3n) is 2.75. The number of carbonyl (C=O) groups excluding carboxylic acids is 1. The molecule has 0 saturated heterocycles. The van der Waals surface area contributed by atoms with Crippen molar-refractivity contribution in [2.45, 2.75) is 13.5 Å². The van der Waals surface area contributed by atoms with E-state index in [-0.39, 0.29) is 12.5 Å². The highest BCUT2D eigenvalue weighted by atomic mass is 16.5. The van der Waals surface area contributed by atoms with Gasteiger partial charge in [-0.05, 0) is 19.1 Å². The number of imidazole rings is 1. The summed E-state index contributed by atoms with van der Waals surface area (Å²) in [4.78, 5) is 11.5. The van der Waals surface area contributed by atoms with Gasteiger partial charge in [-0.25, -0.2) is 13.9 Å². The van der Waals surface area contributed by atoms with Crippen molar-refractivity contribution < 1.29 is 14.1 Å². The summed E-state index contributed by atoms with van der Waals surface area (Å²) in [5.74, 6) is 0.264. The molecule has 0 radical (unpaired) electrons. The minimum absolute atomic E-state index is 0.140. The van der Waals surface area contributed by atoms with Gasteiger partial charge in [0, 0.05) is 0 Å². The Hall–Kier alpha value is -2.04. The lowest BCUT2D eigenvalue weighted by atomic mass is 10.3. The summed E-state index contributed by atoms with van der Waals surface area (Å²) < 4.78 is 8.55.